The normalized spacial score (nSPS) is 32.9. The molecule has 1 aliphatic heterocycles. The molecule has 2 amide bonds. The Labute approximate surface area is 96.2 Å². The molecule has 4 nitrogen and oxygen atoms in total. The first-order valence-electron chi connectivity index (χ1n) is 6.03. The molecule has 0 aromatic heterocycles. The average molecular weight is 224 g/mol. The zero-order chi connectivity index (χ0) is 12.1. The standard InChI is InChI=1S/C12H20N2O2/c1-4-7(5-6-13)14-10(15)8-9(11(14)16)12(8,2)3/h7-9H,4-6,13H2,1-3H3. The predicted octanol–water partition coefficient (Wildman–Crippen LogP) is 0.755. The summed E-state index contributed by atoms with van der Waals surface area (Å²) in [6.07, 6.45) is 1.52. The second kappa shape index (κ2) is 3.55. The van der Waals surface area contributed by atoms with Crippen LogP contribution in [0.4, 0.5) is 0 Å². The second-order valence-electron chi connectivity index (χ2n) is 5.46. The van der Waals surface area contributed by atoms with Gasteiger partial charge in [-0.1, -0.05) is 20.8 Å². The van der Waals surface area contributed by atoms with E-state index in [1.807, 2.05) is 20.8 Å². The molecule has 3 unspecified atom stereocenters. The molecule has 2 aliphatic rings. The minimum absolute atomic E-state index is 0.00796. The van der Waals surface area contributed by atoms with Crippen LogP contribution in [0.1, 0.15) is 33.6 Å². The van der Waals surface area contributed by atoms with Crippen molar-refractivity contribution in [2.75, 3.05) is 6.54 Å². The fourth-order valence-corrected chi connectivity index (χ4v) is 3.04. The van der Waals surface area contributed by atoms with Crippen molar-refractivity contribution >= 4 is 11.8 Å². The third-order valence-corrected chi connectivity index (χ3v) is 4.17. The van der Waals surface area contributed by atoms with Gasteiger partial charge in [0.2, 0.25) is 11.8 Å². The van der Waals surface area contributed by atoms with Gasteiger partial charge in [0.15, 0.2) is 0 Å². The second-order valence-corrected chi connectivity index (χ2v) is 5.46. The monoisotopic (exact) mass is 224 g/mol. The van der Waals surface area contributed by atoms with Gasteiger partial charge in [0.1, 0.15) is 0 Å². The lowest BCUT2D eigenvalue weighted by molar-refractivity contribution is -0.146. The van der Waals surface area contributed by atoms with Crippen LogP contribution in [0.2, 0.25) is 0 Å². The minimum Gasteiger partial charge on any atom is -0.330 e. The summed E-state index contributed by atoms with van der Waals surface area (Å²) in [5.41, 5.74) is 5.41. The van der Waals surface area contributed by atoms with Gasteiger partial charge < -0.3 is 5.73 Å². The van der Waals surface area contributed by atoms with Gasteiger partial charge >= 0.3 is 0 Å². The number of likely N-dealkylation sites (tertiary alicyclic amines) is 1. The highest BCUT2D eigenvalue weighted by molar-refractivity contribution is 6.10. The van der Waals surface area contributed by atoms with Crippen molar-refractivity contribution in [3.8, 4) is 0 Å². The van der Waals surface area contributed by atoms with Crippen LogP contribution in [0.15, 0.2) is 0 Å². The quantitative estimate of drug-likeness (QED) is 0.717. The van der Waals surface area contributed by atoms with E-state index in [2.05, 4.69) is 0 Å². The number of piperidine rings is 1. The summed E-state index contributed by atoms with van der Waals surface area (Å²) in [6, 6.07) is 0.00796. The van der Waals surface area contributed by atoms with Crippen molar-refractivity contribution in [2.24, 2.45) is 23.0 Å². The Morgan fingerprint density at radius 3 is 2.19 bits per heavy atom. The Kier molecular flexibility index (Phi) is 2.57. The van der Waals surface area contributed by atoms with Crippen LogP contribution in [0.3, 0.4) is 0 Å². The van der Waals surface area contributed by atoms with Gasteiger partial charge in [-0.2, -0.15) is 0 Å². The Hall–Kier alpha value is -0.900. The van der Waals surface area contributed by atoms with E-state index in [9.17, 15) is 9.59 Å². The SMILES string of the molecule is CCC(CCN)N1C(=O)C2C(C1=O)C2(C)C. The number of amides is 2. The average Bonchev–Trinajstić information content (AvgIpc) is 2.67. The van der Waals surface area contributed by atoms with Gasteiger partial charge in [0.05, 0.1) is 11.8 Å². The van der Waals surface area contributed by atoms with Crippen molar-refractivity contribution < 1.29 is 9.59 Å². The third-order valence-electron chi connectivity index (χ3n) is 4.17. The molecule has 90 valence electrons. The van der Waals surface area contributed by atoms with Crippen molar-refractivity contribution in [3.63, 3.8) is 0 Å². The third kappa shape index (κ3) is 1.32. The van der Waals surface area contributed by atoms with Crippen molar-refractivity contribution in [3.05, 3.63) is 0 Å². The number of hydrogen-bond acceptors (Lipinski definition) is 3. The molecule has 2 N–H and O–H groups in total. The maximum Gasteiger partial charge on any atom is 0.233 e. The maximum absolute atomic E-state index is 12.1. The largest absolute Gasteiger partial charge is 0.330 e. The number of imide groups is 1. The van der Waals surface area contributed by atoms with E-state index in [-0.39, 0.29) is 35.1 Å². The van der Waals surface area contributed by atoms with Crippen LogP contribution >= 0.6 is 0 Å². The lowest BCUT2D eigenvalue weighted by Crippen LogP contribution is -2.44. The van der Waals surface area contributed by atoms with E-state index >= 15 is 0 Å². The number of hydrogen-bond donors (Lipinski definition) is 1. The highest BCUT2D eigenvalue weighted by Crippen LogP contribution is 2.63. The van der Waals surface area contributed by atoms with Crippen LogP contribution in [0, 0.1) is 17.3 Å². The van der Waals surface area contributed by atoms with Gasteiger partial charge in [-0.05, 0) is 24.8 Å². The number of carbonyl (C=O) groups is 2. The molecule has 16 heavy (non-hydrogen) atoms. The molecule has 1 aliphatic carbocycles. The van der Waals surface area contributed by atoms with Crippen LogP contribution in [0.5, 0.6) is 0 Å². The van der Waals surface area contributed by atoms with Crippen LogP contribution in [-0.4, -0.2) is 29.3 Å². The fourth-order valence-electron chi connectivity index (χ4n) is 3.04. The summed E-state index contributed by atoms with van der Waals surface area (Å²) in [4.78, 5) is 25.7. The first-order chi connectivity index (χ1) is 7.46. The maximum atomic E-state index is 12.1. The van der Waals surface area contributed by atoms with E-state index < -0.39 is 0 Å². The van der Waals surface area contributed by atoms with Gasteiger partial charge in [0, 0.05) is 6.04 Å². The smallest absolute Gasteiger partial charge is 0.233 e. The van der Waals surface area contributed by atoms with Gasteiger partial charge in [-0.25, -0.2) is 0 Å². The summed E-state index contributed by atoms with van der Waals surface area (Å²) in [7, 11) is 0. The van der Waals surface area contributed by atoms with E-state index in [0.717, 1.165) is 6.42 Å². The number of rotatable bonds is 4. The molecule has 2 rings (SSSR count). The van der Waals surface area contributed by atoms with Crippen molar-refractivity contribution in [1.29, 1.82) is 0 Å². The molecular formula is C12H20N2O2. The molecule has 0 aromatic carbocycles. The highest BCUT2D eigenvalue weighted by Gasteiger charge is 2.72. The summed E-state index contributed by atoms with van der Waals surface area (Å²) in [6.45, 7) is 6.52. The van der Waals surface area contributed by atoms with E-state index in [1.54, 1.807) is 0 Å². The molecule has 1 heterocycles. The molecule has 2 fully saturated rings. The van der Waals surface area contributed by atoms with Crippen LogP contribution in [-0.2, 0) is 9.59 Å². The van der Waals surface area contributed by atoms with E-state index in [0.29, 0.717) is 13.0 Å². The Bertz CT molecular complexity index is 314. The Morgan fingerprint density at radius 1 is 1.31 bits per heavy atom. The first-order valence-corrected chi connectivity index (χ1v) is 6.03. The number of nitrogens with zero attached hydrogens (tertiary/aromatic N) is 1. The molecule has 0 aromatic rings. The Balaban J connectivity index is 2.15. The summed E-state index contributed by atoms with van der Waals surface area (Å²) < 4.78 is 0. The molecule has 0 bridgehead atoms. The molecule has 0 radical (unpaired) electrons. The lowest BCUT2D eigenvalue weighted by Gasteiger charge is -2.28. The minimum atomic E-state index is -0.105. The molecule has 1 saturated heterocycles. The molecule has 0 spiro atoms. The topological polar surface area (TPSA) is 63.4 Å². The number of nitrogens with two attached hydrogens (primary N) is 1. The molecule has 4 heteroatoms. The molecular weight excluding hydrogens is 204 g/mol. The number of carbonyl (C=O) groups excluding carboxylic acids is 2. The fraction of sp³-hybridized carbons (Fsp3) is 0.833. The van der Waals surface area contributed by atoms with Crippen LogP contribution in [0.25, 0.3) is 0 Å². The van der Waals surface area contributed by atoms with Crippen molar-refractivity contribution in [2.45, 2.75) is 39.7 Å². The number of fused-ring (bicyclic) bond motifs is 1. The molecule has 1 saturated carbocycles. The summed E-state index contributed by atoms with van der Waals surface area (Å²) in [5.74, 6) is -0.0701. The Morgan fingerprint density at radius 2 is 1.81 bits per heavy atom. The van der Waals surface area contributed by atoms with Crippen LogP contribution < -0.4 is 5.73 Å². The van der Waals surface area contributed by atoms with Gasteiger partial charge in [-0.15, -0.1) is 0 Å². The molecule has 3 atom stereocenters. The van der Waals surface area contributed by atoms with Gasteiger partial charge in [-0.3, -0.25) is 14.5 Å². The zero-order valence-electron chi connectivity index (χ0n) is 10.2. The predicted molar refractivity (Wildman–Crippen MR) is 60.4 cm³/mol. The first kappa shape index (κ1) is 11.6. The highest BCUT2D eigenvalue weighted by atomic mass is 16.2. The lowest BCUT2D eigenvalue weighted by atomic mass is 10.0. The zero-order valence-corrected chi connectivity index (χ0v) is 10.2. The van der Waals surface area contributed by atoms with E-state index in [1.165, 1.54) is 4.90 Å². The summed E-state index contributed by atoms with van der Waals surface area (Å²) in [5, 5.41) is 0. The van der Waals surface area contributed by atoms with Crippen molar-refractivity contribution in [1.82, 2.24) is 4.90 Å². The van der Waals surface area contributed by atoms with E-state index in [4.69, 9.17) is 5.73 Å². The summed E-state index contributed by atoms with van der Waals surface area (Å²) >= 11 is 0. The van der Waals surface area contributed by atoms with Gasteiger partial charge in [0.25, 0.3) is 0 Å².